The van der Waals surface area contributed by atoms with Crippen LogP contribution in [0.1, 0.15) is 35.7 Å². The minimum atomic E-state index is -0.470. The molecule has 0 N–H and O–H groups in total. The predicted octanol–water partition coefficient (Wildman–Crippen LogP) is 1.89. The fourth-order valence-corrected chi connectivity index (χ4v) is 3.80. The third-order valence-corrected chi connectivity index (χ3v) is 5.35. The molecule has 27 heavy (non-hydrogen) atoms. The molecular weight excluding hydrogens is 344 g/mol. The number of para-hydroxylation sites is 1. The van der Waals surface area contributed by atoms with E-state index in [4.69, 9.17) is 4.74 Å². The minimum Gasteiger partial charge on any atom is -0.485 e. The van der Waals surface area contributed by atoms with Crippen molar-refractivity contribution in [3.8, 4) is 5.75 Å². The third-order valence-electron chi connectivity index (χ3n) is 5.35. The first-order valence-corrected chi connectivity index (χ1v) is 9.13. The Morgan fingerprint density at radius 3 is 2.48 bits per heavy atom. The molecule has 0 atom stereocenters. The van der Waals surface area contributed by atoms with E-state index in [0.29, 0.717) is 44.6 Å². The Morgan fingerprint density at radius 1 is 1.07 bits per heavy atom. The Morgan fingerprint density at radius 2 is 1.78 bits per heavy atom. The lowest BCUT2D eigenvalue weighted by Gasteiger charge is -2.42. The highest BCUT2D eigenvalue weighted by Crippen LogP contribution is 2.35. The Kier molecular flexibility index (Phi) is 4.51. The maximum absolute atomic E-state index is 12.7. The number of carbonyl (C=O) groups excluding carboxylic acids is 2. The van der Waals surface area contributed by atoms with Crippen LogP contribution in [-0.2, 0) is 11.3 Å². The maximum Gasteiger partial charge on any atom is 0.256 e. The molecular formula is C20H22N4O3. The molecule has 2 amide bonds. The molecule has 140 valence electrons. The van der Waals surface area contributed by atoms with Gasteiger partial charge in [-0.3, -0.25) is 9.59 Å². The Hall–Kier alpha value is -2.96. The van der Waals surface area contributed by atoms with Crippen LogP contribution in [0.3, 0.4) is 0 Å². The number of ether oxygens (including phenoxy) is 1. The van der Waals surface area contributed by atoms with Crippen LogP contribution >= 0.6 is 0 Å². The summed E-state index contributed by atoms with van der Waals surface area (Å²) in [6.45, 7) is 3.82. The number of aromatic nitrogens is 2. The molecule has 2 aliphatic rings. The monoisotopic (exact) mass is 366 g/mol. The summed E-state index contributed by atoms with van der Waals surface area (Å²) in [6.07, 6.45) is 5.83. The second-order valence-corrected chi connectivity index (χ2v) is 7.19. The number of fused-ring (bicyclic) bond motifs is 1. The van der Waals surface area contributed by atoms with E-state index in [2.05, 4.69) is 9.97 Å². The summed E-state index contributed by atoms with van der Waals surface area (Å²) < 4.78 is 6.44. The predicted molar refractivity (Wildman–Crippen MR) is 98.1 cm³/mol. The quantitative estimate of drug-likeness (QED) is 0.770. The zero-order chi connectivity index (χ0) is 18.9. The second kappa shape index (κ2) is 6.98. The number of benzene rings is 1. The topological polar surface area (TPSA) is 75.6 Å². The summed E-state index contributed by atoms with van der Waals surface area (Å²) in [7, 11) is 0. The number of likely N-dealkylation sites (tertiary alicyclic amines) is 1. The molecule has 7 heteroatoms. The molecule has 4 rings (SSSR count). The SMILES string of the molecule is CC(=O)N1Cc2ccccc2OC2(CCN(C(=O)c3cncnc3)CC2)C1. The molecule has 1 fully saturated rings. The summed E-state index contributed by atoms with van der Waals surface area (Å²) >= 11 is 0. The van der Waals surface area contributed by atoms with Crippen molar-refractivity contribution in [1.29, 1.82) is 0 Å². The van der Waals surface area contributed by atoms with E-state index in [1.165, 1.54) is 18.7 Å². The Balaban J connectivity index is 1.54. The van der Waals surface area contributed by atoms with Crippen LogP contribution in [0.5, 0.6) is 5.75 Å². The van der Waals surface area contributed by atoms with Gasteiger partial charge in [-0.15, -0.1) is 0 Å². The first-order chi connectivity index (χ1) is 13.1. The maximum atomic E-state index is 12.7. The van der Waals surface area contributed by atoms with Crippen molar-refractivity contribution >= 4 is 11.8 Å². The van der Waals surface area contributed by atoms with E-state index in [1.807, 2.05) is 34.1 Å². The van der Waals surface area contributed by atoms with Gasteiger partial charge in [0.2, 0.25) is 5.91 Å². The van der Waals surface area contributed by atoms with Gasteiger partial charge < -0.3 is 14.5 Å². The molecule has 0 saturated carbocycles. The highest BCUT2D eigenvalue weighted by Gasteiger charge is 2.42. The van der Waals surface area contributed by atoms with Gasteiger partial charge in [-0.2, -0.15) is 0 Å². The zero-order valence-corrected chi connectivity index (χ0v) is 15.3. The summed E-state index contributed by atoms with van der Waals surface area (Å²) in [5.41, 5.74) is 1.04. The van der Waals surface area contributed by atoms with Gasteiger partial charge in [0, 0.05) is 57.4 Å². The number of hydrogen-bond donors (Lipinski definition) is 0. The minimum absolute atomic E-state index is 0.0367. The first kappa shape index (κ1) is 17.5. The molecule has 2 aromatic rings. The zero-order valence-electron chi connectivity index (χ0n) is 15.3. The molecule has 2 aliphatic heterocycles. The molecule has 1 saturated heterocycles. The lowest BCUT2D eigenvalue weighted by molar-refractivity contribution is -0.132. The van der Waals surface area contributed by atoms with Crippen LogP contribution in [0, 0.1) is 0 Å². The fourth-order valence-electron chi connectivity index (χ4n) is 3.80. The van der Waals surface area contributed by atoms with E-state index in [-0.39, 0.29) is 11.8 Å². The standard InChI is InChI=1S/C20H22N4O3/c1-15(25)24-12-16-4-2-3-5-18(16)27-20(13-24)6-8-23(9-7-20)19(26)17-10-21-14-22-11-17/h2-5,10-11,14H,6-9,12-13H2,1H3. The average molecular weight is 366 g/mol. The van der Waals surface area contributed by atoms with Gasteiger partial charge in [-0.25, -0.2) is 9.97 Å². The van der Waals surface area contributed by atoms with Crippen molar-refractivity contribution in [2.75, 3.05) is 19.6 Å². The van der Waals surface area contributed by atoms with Crippen molar-refractivity contribution in [2.24, 2.45) is 0 Å². The smallest absolute Gasteiger partial charge is 0.256 e. The van der Waals surface area contributed by atoms with Crippen LogP contribution in [0.4, 0.5) is 0 Å². The van der Waals surface area contributed by atoms with E-state index >= 15 is 0 Å². The summed E-state index contributed by atoms with van der Waals surface area (Å²) in [5, 5.41) is 0. The molecule has 1 aromatic carbocycles. The van der Waals surface area contributed by atoms with E-state index in [1.54, 1.807) is 6.92 Å². The van der Waals surface area contributed by atoms with Gasteiger partial charge in [0.25, 0.3) is 5.91 Å². The molecule has 0 bridgehead atoms. The van der Waals surface area contributed by atoms with Crippen LogP contribution in [0.2, 0.25) is 0 Å². The number of rotatable bonds is 1. The van der Waals surface area contributed by atoms with Crippen LogP contribution in [0.15, 0.2) is 43.0 Å². The normalized spacial score (nSPS) is 18.4. The van der Waals surface area contributed by atoms with Gasteiger partial charge in [0.1, 0.15) is 17.7 Å². The lowest BCUT2D eigenvalue weighted by atomic mass is 9.90. The van der Waals surface area contributed by atoms with Crippen molar-refractivity contribution in [2.45, 2.75) is 31.9 Å². The fraction of sp³-hybridized carbons (Fsp3) is 0.400. The van der Waals surface area contributed by atoms with Gasteiger partial charge >= 0.3 is 0 Å². The Labute approximate surface area is 158 Å². The molecule has 0 unspecified atom stereocenters. The molecule has 1 aromatic heterocycles. The van der Waals surface area contributed by atoms with E-state index < -0.39 is 5.60 Å². The van der Waals surface area contributed by atoms with Crippen LogP contribution < -0.4 is 4.74 Å². The number of hydrogen-bond acceptors (Lipinski definition) is 5. The van der Waals surface area contributed by atoms with Crippen LogP contribution in [0.25, 0.3) is 0 Å². The lowest BCUT2D eigenvalue weighted by Crippen LogP contribution is -2.55. The van der Waals surface area contributed by atoms with Gasteiger partial charge in [-0.1, -0.05) is 18.2 Å². The highest BCUT2D eigenvalue weighted by molar-refractivity contribution is 5.93. The summed E-state index contributed by atoms with van der Waals surface area (Å²) in [6, 6.07) is 7.86. The second-order valence-electron chi connectivity index (χ2n) is 7.19. The third kappa shape index (κ3) is 3.49. The van der Waals surface area contributed by atoms with Gasteiger partial charge in [-0.05, 0) is 6.07 Å². The summed E-state index contributed by atoms with van der Waals surface area (Å²) in [4.78, 5) is 36.3. The molecule has 0 aliphatic carbocycles. The summed E-state index contributed by atoms with van der Waals surface area (Å²) in [5.74, 6) is 0.801. The van der Waals surface area contributed by atoms with Gasteiger partial charge in [0.05, 0.1) is 12.1 Å². The highest BCUT2D eigenvalue weighted by atomic mass is 16.5. The van der Waals surface area contributed by atoms with Crippen molar-refractivity contribution in [3.05, 3.63) is 54.1 Å². The molecule has 7 nitrogen and oxygen atoms in total. The average Bonchev–Trinajstić information content (AvgIpc) is 2.85. The van der Waals surface area contributed by atoms with Crippen molar-refractivity contribution < 1.29 is 14.3 Å². The largest absolute Gasteiger partial charge is 0.485 e. The van der Waals surface area contributed by atoms with Gasteiger partial charge in [0.15, 0.2) is 0 Å². The van der Waals surface area contributed by atoms with Crippen LogP contribution in [-0.4, -0.2) is 56.8 Å². The van der Waals surface area contributed by atoms with Crippen molar-refractivity contribution in [1.82, 2.24) is 19.8 Å². The molecule has 0 radical (unpaired) electrons. The van der Waals surface area contributed by atoms with E-state index in [0.717, 1.165) is 11.3 Å². The number of amides is 2. The first-order valence-electron chi connectivity index (χ1n) is 9.13. The number of nitrogens with zero attached hydrogens (tertiary/aromatic N) is 4. The van der Waals surface area contributed by atoms with E-state index in [9.17, 15) is 9.59 Å². The van der Waals surface area contributed by atoms with Crippen molar-refractivity contribution in [3.63, 3.8) is 0 Å². The number of carbonyl (C=O) groups is 2. The molecule has 3 heterocycles. The number of piperidine rings is 1. The Bertz CT molecular complexity index is 847. The molecule has 1 spiro atoms.